The number of pyridine rings is 1. The van der Waals surface area contributed by atoms with Crippen molar-refractivity contribution in [2.45, 2.75) is 38.8 Å². The molecule has 32 heavy (non-hydrogen) atoms. The van der Waals surface area contributed by atoms with Crippen molar-refractivity contribution in [2.24, 2.45) is 0 Å². The van der Waals surface area contributed by atoms with Gasteiger partial charge in [-0.3, -0.25) is 20.4 Å². The van der Waals surface area contributed by atoms with Gasteiger partial charge in [-0.05, 0) is 49.9 Å². The van der Waals surface area contributed by atoms with Crippen molar-refractivity contribution < 1.29 is 14.3 Å². The number of rotatable bonds is 4. The monoisotopic (exact) mass is 432 g/mol. The number of carbonyl (C=O) groups excluding carboxylic acids is 2. The number of imidazole rings is 1. The zero-order chi connectivity index (χ0) is 22.1. The van der Waals surface area contributed by atoms with Gasteiger partial charge in [0.25, 0.3) is 5.91 Å². The number of hydrogen-bond donors (Lipinski definition) is 2. The van der Waals surface area contributed by atoms with E-state index in [1.807, 2.05) is 46.6 Å². The number of nitrogens with one attached hydrogen (secondary N) is 2. The summed E-state index contributed by atoms with van der Waals surface area (Å²) in [5.74, 6) is -0.754. The molecule has 0 radical (unpaired) electrons. The first-order chi connectivity index (χ1) is 15.6. The van der Waals surface area contributed by atoms with Crippen molar-refractivity contribution in [1.82, 2.24) is 30.0 Å². The highest BCUT2D eigenvalue weighted by atomic mass is 16.5. The molecule has 0 aliphatic carbocycles. The summed E-state index contributed by atoms with van der Waals surface area (Å²) in [4.78, 5) is 29.6. The molecular formula is C23H24N6O3. The third-order valence-corrected chi connectivity index (χ3v) is 5.62. The molecule has 5 rings (SSSR count). The molecule has 0 saturated carbocycles. The third-order valence-electron chi connectivity index (χ3n) is 5.62. The molecule has 9 nitrogen and oxygen atoms in total. The van der Waals surface area contributed by atoms with E-state index in [2.05, 4.69) is 20.9 Å². The Labute approximate surface area is 184 Å². The average Bonchev–Trinajstić information content (AvgIpc) is 3.41. The van der Waals surface area contributed by atoms with Gasteiger partial charge in [0, 0.05) is 24.4 Å². The normalized spacial score (nSPS) is 16.3. The molecule has 1 aliphatic heterocycles. The predicted molar refractivity (Wildman–Crippen MR) is 118 cm³/mol. The summed E-state index contributed by atoms with van der Waals surface area (Å²) >= 11 is 0. The molecular weight excluding hydrogens is 408 g/mol. The standard InChI is InChI=1S/C23H24N6O3/c1-15-8-9-20-25-16(14-28(20)13-15)11-21(30)26-27-23(31)17-5-4-6-19-18(17)12-24-29(19)22-7-2-3-10-32-22/h4-6,8-9,12-14,22H,2-3,7,10-11H2,1H3,(H,26,30)(H,27,31). The maximum atomic E-state index is 12.8. The predicted octanol–water partition coefficient (Wildman–Crippen LogP) is 2.70. The van der Waals surface area contributed by atoms with E-state index in [0.29, 0.717) is 23.3 Å². The highest BCUT2D eigenvalue weighted by Crippen LogP contribution is 2.27. The molecule has 2 amide bonds. The summed E-state index contributed by atoms with van der Waals surface area (Å²) in [6.07, 6.45) is 8.41. The van der Waals surface area contributed by atoms with E-state index < -0.39 is 5.91 Å². The van der Waals surface area contributed by atoms with E-state index in [-0.39, 0.29) is 18.6 Å². The van der Waals surface area contributed by atoms with Crippen molar-refractivity contribution in [3.05, 3.63) is 65.7 Å². The number of benzene rings is 1. The van der Waals surface area contributed by atoms with Crippen LogP contribution >= 0.6 is 0 Å². The molecule has 4 aromatic rings. The first-order valence-corrected chi connectivity index (χ1v) is 10.7. The lowest BCUT2D eigenvalue weighted by Gasteiger charge is -2.23. The molecule has 1 saturated heterocycles. The fraction of sp³-hybridized carbons (Fsp3) is 0.304. The number of aromatic nitrogens is 4. The van der Waals surface area contributed by atoms with Crippen LogP contribution in [0.5, 0.6) is 0 Å². The number of ether oxygens (including phenoxy) is 1. The minimum absolute atomic E-state index is 0.0577. The Balaban J connectivity index is 1.26. The summed E-state index contributed by atoms with van der Waals surface area (Å²) in [7, 11) is 0. The highest BCUT2D eigenvalue weighted by molar-refractivity contribution is 6.06. The first-order valence-electron chi connectivity index (χ1n) is 10.7. The lowest BCUT2D eigenvalue weighted by molar-refractivity contribution is -0.121. The van der Waals surface area contributed by atoms with Crippen LogP contribution in [0.2, 0.25) is 0 Å². The van der Waals surface area contributed by atoms with Crippen LogP contribution in [0.3, 0.4) is 0 Å². The highest BCUT2D eigenvalue weighted by Gasteiger charge is 2.21. The summed E-state index contributed by atoms with van der Waals surface area (Å²) in [5, 5.41) is 5.17. The zero-order valence-corrected chi connectivity index (χ0v) is 17.7. The van der Waals surface area contributed by atoms with Crippen LogP contribution in [-0.4, -0.2) is 37.6 Å². The molecule has 1 atom stereocenters. The van der Waals surface area contributed by atoms with Crippen LogP contribution in [0.4, 0.5) is 0 Å². The van der Waals surface area contributed by atoms with E-state index in [4.69, 9.17) is 4.74 Å². The van der Waals surface area contributed by atoms with Crippen molar-refractivity contribution in [2.75, 3.05) is 6.61 Å². The van der Waals surface area contributed by atoms with Crippen LogP contribution in [0.15, 0.2) is 48.9 Å². The SMILES string of the molecule is Cc1ccc2nc(CC(=O)NNC(=O)c3cccc4c3cnn4C3CCCCO3)cn2c1. The van der Waals surface area contributed by atoms with Gasteiger partial charge < -0.3 is 9.14 Å². The average molecular weight is 432 g/mol. The van der Waals surface area contributed by atoms with E-state index in [1.165, 1.54) is 0 Å². The number of carbonyl (C=O) groups is 2. The van der Waals surface area contributed by atoms with Crippen LogP contribution < -0.4 is 10.9 Å². The van der Waals surface area contributed by atoms with E-state index in [0.717, 1.165) is 36.0 Å². The Hall–Kier alpha value is -3.72. The Morgan fingerprint density at radius 1 is 1.16 bits per heavy atom. The van der Waals surface area contributed by atoms with E-state index in [9.17, 15) is 9.59 Å². The number of fused-ring (bicyclic) bond motifs is 2. The van der Waals surface area contributed by atoms with Crippen molar-refractivity contribution in [1.29, 1.82) is 0 Å². The van der Waals surface area contributed by atoms with Crippen molar-refractivity contribution >= 4 is 28.4 Å². The molecule has 164 valence electrons. The fourth-order valence-corrected chi connectivity index (χ4v) is 4.06. The minimum Gasteiger partial charge on any atom is -0.356 e. The second kappa shape index (κ2) is 8.43. The maximum absolute atomic E-state index is 12.8. The molecule has 4 heterocycles. The largest absolute Gasteiger partial charge is 0.356 e. The quantitative estimate of drug-likeness (QED) is 0.483. The number of nitrogens with zero attached hydrogens (tertiary/aromatic N) is 4. The molecule has 1 aromatic carbocycles. The van der Waals surface area contributed by atoms with Gasteiger partial charge in [0.05, 0.1) is 29.4 Å². The van der Waals surface area contributed by atoms with Crippen molar-refractivity contribution in [3.63, 3.8) is 0 Å². The lowest BCUT2D eigenvalue weighted by Crippen LogP contribution is -2.42. The zero-order valence-electron chi connectivity index (χ0n) is 17.7. The number of hydrogen-bond acceptors (Lipinski definition) is 5. The summed E-state index contributed by atoms with van der Waals surface area (Å²) in [6, 6.07) is 9.30. The van der Waals surface area contributed by atoms with Gasteiger partial charge in [0.2, 0.25) is 5.91 Å². The molecule has 2 N–H and O–H groups in total. The van der Waals surface area contributed by atoms with Crippen LogP contribution in [0, 0.1) is 6.92 Å². The number of aryl methyl sites for hydroxylation is 1. The van der Waals surface area contributed by atoms with Gasteiger partial charge in [-0.15, -0.1) is 0 Å². The Kier molecular flexibility index (Phi) is 5.32. The van der Waals surface area contributed by atoms with Gasteiger partial charge in [-0.1, -0.05) is 12.1 Å². The molecule has 0 spiro atoms. The maximum Gasteiger partial charge on any atom is 0.270 e. The molecule has 1 unspecified atom stereocenters. The summed E-state index contributed by atoms with van der Waals surface area (Å²) in [5.41, 5.74) is 8.75. The third kappa shape index (κ3) is 3.94. The lowest BCUT2D eigenvalue weighted by atomic mass is 10.1. The van der Waals surface area contributed by atoms with Gasteiger partial charge >= 0.3 is 0 Å². The molecule has 1 aliphatic rings. The Bertz CT molecular complexity index is 1300. The Morgan fingerprint density at radius 2 is 2.06 bits per heavy atom. The second-order valence-corrected chi connectivity index (χ2v) is 8.03. The number of hydrazine groups is 1. The summed E-state index contributed by atoms with van der Waals surface area (Å²) < 4.78 is 9.54. The van der Waals surface area contributed by atoms with Gasteiger partial charge in [0.1, 0.15) is 5.65 Å². The van der Waals surface area contributed by atoms with Gasteiger partial charge in [-0.25, -0.2) is 9.67 Å². The first kappa shape index (κ1) is 20.2. The van der Waals surface area contributed by atoms with Gasteiger partial charge in [-0.2, -0.15) is 5.10 Å². The molecule has 0 bridgehead atoms. The van der Waals surface area contributed by atoms with E-state index in [1.54, 1.807) is 18.3 Å². The second-order valence-electron chi connectivity index (χ2n) is 8.03. The number of amides is 2. The minimum atomic E-state index is -0.404. The van der Waals surface area contributed by atoms with Crippen LogP contribution in [0.25, 0.3) is 16.6 Å². The molecule has 3 aromatic heterocycles. The summed E-state index contributed by atoms with van der Waals surface area (Å²) in [6.45, 7) is 2.71. The Morgan fingerprint density at radius 3 is 2.91 bits per heavy atom. The van der Waals surface area contributed by atoms with Crippen LogP contribution in [-0.2, 0) is 16.0 Å². The van der Waals surface area contributed by atoms with E-state index >= 15 is 0 Å². The fourth-order valence-electron chi connectivity index (χ4n) is 4.06. The van der Waals surface area contributed by atoms with Crippen LogP contribution in [0.1, 0.15) is 47.1 Å². The molecule has 1 fully saturated rings. The topological polar surface area (TPSA) is 103 Å². The van der Waals surface area contributed by atoms with Crippen molar-refractivity contribution in [3.8, 4) is 0 Å². The molecule has 9 heteroatoms. The smallest absolute Gasteiger partial charge is 0.270 e. The van der Waals surface area contributed by atoms with Gasteiger partial charge in [0.15, 0.2) is 6.23 Å².